The summed E-state index contributed by atoms with van der Waals surface area (Å²) in [5, 5.41) is 0. The van der Waals surface area contributed by atoms with Crippen LogP contribution >= 0.6 is 0 Å². The van der Waals surface area contributed by atoms with Crippen molar-refractivity contribution in [3.8, 4) is 0 Å². The SMILES string of the molecule is N[C@H](CCCc1ccccc1)Cc1ccccc1. The Balaban J connectivity index is 1.71. The lowest BCUT2D eigenvalue weighted by Crippen LogP contribution is -2.22. The fourth-order valence-electron chi connectivity index (χ4n) is 2.23. The molecule has 0 heterocycles. The van der Waals surface area contributed by atoms with Crippen molar-refractivity contribution in [3.05, 3.63) is 71.8 Å². The summed E-state index contributed by atoms with van der Waals surface area (Å²) in [5.74, 6) is 0. The van der Waals surface area contributed by atoms with Crippen LogP contribution in [0.15, 0.2) is 60.7 Å². The Morgan fingerprint density at radius 3 is 1.94 bits per heavy atom. The second-order valence-electron chi connectivity index (χ2n) is 4.83. The summed E-state index contributed by atoms with van der Waals surface area (Å²) in [6, 6.07) is 21.4. The number of nitrogens with two attached hydrogens (primary N) is 1. The van der Waals surface area contributed by atoms with Crippen molar-refractivity contribution in [2.24, 2.45) is 5.73 Å². The minimum Gasteiger partial charge on any atom is -0.327 e. The Labute approximate surface area is 110 Å². The number of hydrogen-bond acceptors (Lipinski definition) is 1. The van der Waals surface area contributed by atoms with Gasteiger partial charge in [0.05, 0.1) is 0 Å². The summed E-state index contributed by atoms with van der Waals surface area (Å²) in [6.07, 6.45) is 4.36. The molecule has 1 heteroatoms. The van der Waals surface area contributed by atoms with Crippen LogP contribution in [-0.2, 0) is 12.8 Å². The summed E-state index contributed by atoms with van der Waals surface area (Å²) >= 11 is 0. The Morgan fingerprint density at radius 2 is 1.33 bits per heavy atom. The molecular formula is C17H21N. The van der Waals surface area contributed by atoms with Gasteiger partial charge >= 0.3 is 0 Å². The molecule has 2 rings (SSSR count). The van der Waals surface area contributed by atoms with Gasteiger partial charge in [0.2, 0.25) is 0 Å². The molecule has 0 bridgehead atoms. The molecule has 0 radical (unpaired) electrons. The first-order chi connectivity index (χ1) is 8.84. The highest BCUT2D eigenvalue weighted by Gasteiger charge is 2.03. The van der Waals surface area contributed by atoms with Crippen LogP contribution in [0.2, 0.25) is 0 Å². The third kappa shape index (κ3) is 4.34. The monoisotopic (exact) mass is 239 g/mol. The molecular weight excluding hydrogens is 218 g/mol. The summed E-state index contributed by atoms with van der Waals surface area (Å²) in [5.41, 5.74) is 8.91. The summed E-state index contributed by atoms with van der Waals surface area (Å²) in [7, 11) is 0. The van der Waals surface area contributed by atoms with Crippen molar-refractivity contribution in [2.45, 2.75) is 31.7 Å². The van der Waals surface area contributed by atoms with E-state index in [2.05, 4.69) is 54.6 Å². The van der Waals surface area contributed by atoms with Crippen molar-refractivity contribution >= 4 is 0 Å². The number of hydrogen-bond donors (Lipinski definition) is 1. The van der Waals surface area contributed by atoms with E-state index in [1.807, 2.05) is 6.07 Å². The zero-order chi connectivity index (χ0) is 12.6. The normalized spacial score (nSPS) is 12.3. The smallest absolute Gasteiger partial charge is 0.00794 e. The topological polar surface area (TPSA) is 26.0 Å². The molecule has 0 aromatic heterocycles. The molecule has 2 aromatic rings. The van der Waals surface area contributed by atoms with Gasteiger partial charge in [-0.15, -0.1) is 0 Å². The van der Waals surface area contributed by atoms with Gasteiger partial charge in [0.15, 0.2) is 0 Å². The lowest BCUT2D eigenvalue weighted by molar-refractivity contribution is 0.580. The van der Waals surface area contributed by atoms with Gasteiger partial charge in [-0.1, -0.05) is 60.7 Å². The van der Waals surface area contributed by atoms with Crippen LogP contribution in [0, 0.1) is 0 Å². The molecule has 0 saturated carbocycles. The van der Waals surface area contributed by atoms with E-state index in [0.717, 1.165) is 25.7 Å². The fraction of sp³-hybridized carbons (Fsp3) is 0.294. The Bertz CT molecular complexity index is 436. The van der Waals surface area contributed by atoms with Gasteiger partial charge in [-0.2, -0.15) is 0 Å². The van der Waals surface area contributed by atoms with Gasteiger partial charge in [-0.3, -0.25) is 0 Å². The van der Waals surface area contributed by atoms with E-state index in [4.69, 9.17) is 5.73 Å². The van der Waals surface area contributed by atoms with Crippen LogP contribution in [-0.4, -0.2) is 6.04 Å². The van der Waals surface area contributed by atoms with E-state index in [0.29, 0.717) is 0 Å². The van der Waals surface area contributed by atoms with Crippen molar-refractivity contribution in [1.82, 2.24) is 0 Å². The van der Waals surface area contributed by atoms with Crippen LogP contribution in [0.25, 0.3) is 0 Å². The van der Waals surface area contributed by atoms with Gasteiger partial charge in [0.1, 0.15) is 0 Å². The fourth-order valence-corrected chi connectivity index (χ4v) is 2.23. The first-order valence-electron chi connectivity index (χ1n) is 6.68. The van der Waals surface area contributed by atoms with Crippen LogP contribution in [0.5, 0.6) is 0 Å². The number of aryl methyl sites for hydroxylation is 1. The molecule has 0 saturated heterocycles. The summed E-state index contributed by atoms with van der Waals surface area (Å²) < 4.78 is 0. The largest absolute Gasteiger partial charge is 0.327 e. The highest BCUT2D eigenvalue weighted by molar-refractivity contribution is 5.16. The zero-order valence-electron chi connectivity index (χ0n) is 10.8. The maximum absolute atomic E-state index is 6.17. The average Bonchev–Trinajstić information content (AvgIpc) is 2.41. The first-order valence-corrected chi connectivity index (χ1v) is 6.68. The van der Waals surface area contributed by atoms with Crippen molar-refractivity contribution in [2.75, 3.05) is 0 Å². The Morgan fingerprint density at radius 1 is 0.778 bits per heavy atom. The zero-order valence-corrected chi connectivity index (χ0v) is 10.8. The lowest BCUT2D eigenvalue weighted by atomic mass is 10.00. The van der Waals surface area contributed by atoms with E-state index < -0.39 is 0 Å². The standard InChI is InChI=1S/C17H21N/c18-17(14-16-10-5-2-6-11-16)13-7-12-15-8-3-1-4-9-15/h1-6,8-11,17H,7,12-14,18H2/t17-/m1/s1. The van der Waals surface area contributed by atoms with Crippen LogP contribution in [0.1, 0.15) is 24.0 Å². The van der Waals surface area contributed by atoms with Crippen molar-refractivity contribution in [3.63, 3.8) is 0 Å². The van der Waals surface area contributed by atoms with Gasteiger partial charge in [-0.05, 0) is 36.8 Å². The molecule has 2 aromatic carbocycles. The van der Waals surface area contributed by atoms with Crippen LogP contribution < -0.4 is 5.73 Å². The molecule has 1 atom stereocenters. The molecule has 0 aliphatic heterocycles. The van der Waals surface area contributed by atoms with Crippen LogP contribution in [0.4, 0.5) is 0 Å². The predicted octanol–water partition coefficient (Wildman–Crippen LogP) is 3.58. The third-order valence-electron chi connectivity index (χ3n) is 3.22. The highest BCUT2D eigenvalue weighted by atomic mass is 14.6. The quantitative estimate of drug-likeness (QED) is 0.819. The van der Waals surface area contributed by atoms with Gasteiger partial charge in [0.25, 0.3) is 0 Å². The van der Waals surface area contributed by atoms with Gasteiger partial charge < -0.3 is 5.73 Å². The molecule has 0 spiro atoms. The molecule has 0 amide bonds. The lowest BCUT2D eigenvalue weighted by Gasteiger charge is -2.11. The van der Waals surface area contributed by atoms with E-state index >= 15 is 0 Å². The average molecular weight is 239 g/mol. The molecule has 0 fully saturated rings. The molecule has 0 unspecified atom stereocenters. The van der Waals surface area contributed by atoms with E-state index in [1.54, 1.807) is 0 Å². The molecule has 2 N–H and O–H groups in total. The Kier molecular flexibility index (Phi) is 4.98. The van der Waals surface area contributed by atoms with E-state index in [-0.39, 0.29) is 6.04 Å². The van der Waals surface area contributed by atoms with Gasteiger partial charge in [-0.25, -0.2) is 0 Å². The maximum atomic E-state index is 6.17. The molecule has 0 aliphatic rings. The second kappa shape index (κ2) is 6.97. The minimum atomic E-state index is 0.274. The summed E-state index contributed by atoms with van der Waals surface area (Å²) in [6.45, 7) is 0. The van der Waals surface area contributed by atoms with Crippen molar-refractivity contribution in [1.29, 1.82) is 0 Å². The minimum absolute atomic E-state index is 0.274. The van der Waals surface area contributed by atoms with E-state index in [9.17, 15) is 0 Å². The number of benzene rings is 2. The van der Waals surface area contributed by atoms with E-state index in [1.165, 1.54) is 11.1 Å². The first kappa shape index (κ1) is 12.8. The third-order valence-corrected chi connectivity index (χ3v) is 3.22. The van der Waals surface area contributed by atoms with Crippen molar-refractivity contribution < 1.29 is 0 Å². The number of rotatable bonds is 6. The molecule has 1 nitrogen and oxygen atoms in total. The van der Waals surface area contributed by atoms with Crippen LogP contribution in [0.3, 0.4) is 0 Å². The molecule has 0 aliphatic carbocycles. The van der Waals surface area contributed by atoms with Gasteiger partial charge in [0, 0.05) is 6.04 Å². The summed E-state index contributed by atoms with van der Waals surface area (Å²) in [4.78, 5) is 0. The molecule has 18 heavy (non-hydrogen) atoms. The maximum Gasteiger partial charge on any atom is 0.00794 e. The Hall–Kier alpha value is -1.60. The second-order valence-corrected chi connectivity index (χ2v) is 4.83. The highest BCUT2D eigenvalue weighted by Crippen LogP contribution is 2.09. The molecule has 94 valence electrons. The predicted molar refractivity (Wildman–Crippen MR) is 77.5 cm³/mol.